The summed E-state index contributed by atoms with van der Waals surface area (Å²) in [5.41, 5.74) is 0.632. The van der Waals surface area contributed by atoms with Crippen LogP contribution < -0.4 is 4.74 Å². The molecule has 6 heteroatoms. The minimum Gasteiger partial charge on any atom is -0.493 e. The third kappa shape index (κ3) is 4.64. The van der Waals surface area contributed by atoms with Crippen molar-refractivity contribution < 1.29 is 14.3 Å². The fourth-order valence-electron chi connectivity index (χ4n) is 4.81. The number of benzene rings is 1. The van der Waals surface area contributed by atoms with Crippen LogP contribution in [0.25, 0.3) is 0 Å². The van der Waals surface area contributed by atoms with Crippen LogP contribution in [0.3, 0.4) is 0 Å². The van der Waals surface area contributed by atoms with E-state index in [0.29, 0.717) is 30.6 Å². The molecule has 30 heavy (non-hydrogen) atoms. The number of carbonyl (C=O) groups excluding carboxylic acids is 2. The highest BCUT2D eigenvalue weighted by atomic mass is 16.5. The molecule has 2 aliphatic rings. The van der Waals surface area contributed by atoms with Crippen LogP contribution in [-0.4, -0.2) is 59.4 Å². The second kappa shape index (κ2) is 9.28. The smallest absolute Gasteiger partial charge is 0.255 e. The fraction of sp³-hybridized carbons (Fsp3) is 0.458. The highest BCUT2D eigenvalue weighted by Crippen LogP contribution is 2.36. The van der Waals surface area contributed by atoms with Gasteiger partial charge in [-0.2, -0.15) is 0 Å². The second-order valence-electron chi connectivity index (χ2n) is 8.34. The molecule has 2 fully saturated rings. The molecule has 2 aliphatic heterocycles. The molecule has 2 saturated heterocycles. The van der Waals surface area contributed by atoms with Gasteiger partial charge in [-0.15, -0.1) is 0 Å². The van der Waals surface area contributed by atoms with E-state index in [4.69, 9.17) is 4.74 Å². The van der Waals surface area contributed by atoms with Crippen molar-refractivity contribution in [3.63, 3.8) is 0 Å². The van der Waals surface area contributed by atoms with E-state index in [9.17, 15) is 9.59 Å². The van der Waals surface area contributed by atoms with Crippen molar-refractivity contribution in [1.82, 2.24) is 14.8 Å². The van der Waals surface area contributed by atoms with Crippen molar-refractivity contribution in [1.29, 1.82) is 0 Å². The molecule has 6 nitrogen and oxygen atoms in total. The Morgan fingerprint density at radius 2 is 1.80 bits per heavy atom. The standard InChI is InChI=1S/C24H29N3O3/c1-18(28)26-12-9-19(10-13-26)23-16-27(24(29)20-6-5-11-25-14-20)15-21(23)17-30-22-7-3-2-4-8-22/h2-8,11,14,19,21,23H,9-10,12-13,15-17H2,1H3. The van der Waals surface area contributed by atoms with Gasteiger partial charge in [0.1, 0.15) is 5.75 Å². The van der Waals surface area contributed by atoms with Gasteiger partial charge in [0.15, 0.2) is 0 Å². The summed E-state index contributed by atoms with van der Waals surface area (Å²) in [6.07, 6.45) is 5.29. The van der Waals surface area contributed by atoms with Crippen LogP contribution in [0.2, 0.25) is 0 Å². The molecule has 1 aromatic heterocycles. The number of aromatic nitrogens is 1. The van der Waals surface area contributed by atoms with E-state index in [-0.39, 0.29) is 17.7 Å². The quantitative estimate of drug-likeness (QED) is 0.764. The minimum atomic E-state index is 0.0384. The summed E-state index contributed by atoms with van der Waals surface area (Å²) < 4.78 is 6.09. The van der Waals surface area contributed by atoms with Gasteiger partial charge in [-0.05, 0) is 48.9 Å². The third-order valence-electron chi connectivity index (χ3n) is 6.49. The van der Waals surface area contributed by atoms with Gasteiger partial charge in [-0.3, -0.25) is 14.6 Å². The molecular weight excluding hydrogens is 378 g/mol. The average molecular weight is 408 g/mol. The zero-order valence-corrected chi connectivity index (χ0v) is 17.4. The Morgan fingerprint density at radius 1 is 1.03 bits per heavy atom. The van der Waals surface area contributed by atoms with E-state index in [0.717, 1.165) is 38.2 Å². The molecule has 2 unspecified atom stereocenters. The molecule has 0 spiro atoms. The maximum Gasteiger partial charge on any atom is 0.255 e. The van der Waals surface area contributed by atoms with Gasteiger partial charge in [0.2, 0.25) is 5.91 Å². The normalized spacial score (nSPS) is 22.2. The van der Waals surface area contributed by atoms with Crippen LogP contribution in [0.4, 0.5) is 0 Å². The van der Waals surface area contributed by atoms with Crippen molar-refractivity contribution in [3.8, 4) is 5.75 Å². The topological polar surface area (TPSA) is 62.7 Å². The van der Waals surface area contributed by atoms with Crippen molar-refractivity contribution in [3.05, 3.63) is 60.4 Å². The molecule has 1 aromatic carbocycles. The minimum absolute atomic E-state index is 0.0384. The number of para-hydroxylation sites is 1. The molecule has 0 radical (unpaired) electrons. The van der Waals surface area contributed by atoms with E-state index in [2.05, 4.69) is 4.98 Å². The summed E-state index contributed by atoms with van der Waals surface area (Å²) in [5, 5.41) is 0. The number of hydrogen-bond acceptors (Lipinski definition) is 4. The Bertz CT molecular complexity index is 851. The van der Waals surface area contributed by atoms with E-state index in [1.807, 2.05) is 46.2 Å². The van der Waals surface area contributed by atoms with E-state index in [1.54, 1.807) is 25.4 Å². The first kappa shape index (κ1) is 20.4. The summed E-state index contributed by atoms with van der Waals surface area (Å²) in [6, 6.07) is 13.5. The average Bonchev–Trinajstić information content (AvgIpc) is 3.23. The SMILES string of the molecule is CC(=O)N1CCC(C2CN(C(=O)c3cccnc3)CC2COc2ccccc2)CC1. The maximum absolute atomic E-state index is 13.0. The van der Waals surface area contributed by atoms with Crippen LogP contribution in [0.1, 0.15) is 30.1 Å². The van der Waals surface area contributed by atoms with Gasteiger partial charge in [-0.25, -0.2) is 0 Å². The van der Waals surface area contributed by atoms with Crippen molar-refractivity contribution >= 4 is 11.8 Å². The lowest BCUT2D eigenvalue weighted by atomic mass is 9.78. The Labute approximate surface area is 177 Å². The monoisotopic (exact) mass is 407 g/mol. The molecule has 0 aliphatic carbocycles. The van der Waals surface area contributed by atoms with Crippen molar-refractivity contribution in [2.45, 2.75) is 19.8 Å². The molecule has 2 aromatic rings. The molecule has 3 heterocycles. The van der Waals surface area contributed by atoms with Crippen LogP contribution in [-0.2, 0) is 4.79 Å². The van der Waals surface area contributed by atoms with E-state index < -0.39 is 0 Å². The number of nitrogens with zero attached hydrogens (tertiary/aromatic N) is 3. The van der Waals surface area contributed by atoms with E-state index in [1.165, 1.54) is 0 Å². The molecule has 0 N–H and O–H groups in total. The van der Waals surface area contributed by atoms with Gasteiger partial charge in [0.05, 0.1) is 12.2 Å². The van der Waals surface area contributed by atoms with Gasteiger partial charge in [0.25, 0.3) is 5.91 Å². The highest BCUT2D eigenvalue weighted by molar-refractivity contribution is 5.94. The number of ether oxygens (including phenoxy) is 1. The van der Waals surface area contributed by atoms with Gasteiger partial charge >= 0.3 is 0 Å². The molecule has 0 bridgehead atoms. The first-order valence-corrected chi connectivity index (χ1v) is 10.7. The predicted octanol–water partition coefficient (Wildman–Crippen LogP) is 3.11. The summed E-state index contributed by atoms with van der Waals surface area (Å²) in [6.45, 7) is 5.27. The Kier molecular flexibility index (Phi) is 6.31. The van der Waals surface area contributed by atoms with Crippen LogP contribution >= 0.6 is 0 Å². The predicted molar refractivity (Wildman–Crippen MR) is 114 cm³/mol. The lowest BCUT2D eigenvalue weighted by molar-refractivity contribution is -0.130. The lowest BCUT2D eigenvalue weighted by Gasteiger charge is -2.36. The first-order chi connectivity index (χ1) is 14.6. The second-order valence-corrected chi connectivity index (χ2v) is 8.34. The molecular formula is C24H29N3O3. The molecule has 158 valence electrons. The van der Waals surface area contributed by atoms with Crippen LogP contribution in [0.15, 0.2) is 54.9 Å². The van der Waals surface area contributed by atoms with Crippen LogP contribution in [0, 0.1) is 17.8 Å². The number of pyridine rings is 1. The highest BCUT2D eigenvalue weighted by Gasteiger charge is 2.41. The number of amides is 2. The van der Waals surface area contributed by atoms with Crippen molar-refractivity contribution in [2.24, 2.45) is 17.8 Å². The number of rotatable bonds is 5. The van der Waals surface area contributed by atoms with Crippen LogP contribution in [0.5, 0.6) is 5.75 Å². The first-order valence-electron chi connectivity index (χ1n) is 10.7. The summed E-state index contributed by atoms with van der Waals surface area (Å²) in [5.74, 6) is 2.20. The Morgan fingerprint density at radius 3 is 2.47 bits per heavy atom. The fourth-order valence-corrected chi connectivity index (χ4v) is 4.81. The number of piperidine rings is 1. The summed E-state index contributed by atoms with van der Waals surface area (Å²) in [4.78, 5) is 32.7. The molecule has 0 saturated carbocycles. The zero-order valence-electron chi connectivity index (χ0n) is 17.4. The third-order valence-corrected chi connectivity index (χ3v) is 6.49. The van der Waals surface area contributed by atoms with Gasteiger partial charge in [-0.1, -0.05) is 18.2 Å². The number of hydrogen-bond donors (Lipinski definition) is 0. The Balaban J connectivity index is 1.46. The Hall–Kier alpha value is -2.89. The molecule has 4 rings (SSSR count). The van der Waals surface area contributed by atoms with E-state index >= 15 is 0 Å². The number of carbonyl (C=O) groups is 2. The van der Waals surface area contributed by atoms with Gasteiger partial charge < -0.3 is 14.5 Å². The van der Waals surface area contributed by atoms with Crippen molar-refractivity contribution in [2.75, 3.05) is 32.8 Å². The zero-order chi connectivity index (χ0) is 20.9. The summed E-state index contributed by atoms with van der Waals surface area (Å²) >= 11 is 0. The van der Waals surface area contributed by atoms with Gasteiger partial charge in [0, 0.05) is 51.4 Å². The lowest BCUT2D eigenvalue weighted by Crippen LogP contribution is -2.40. The molecule has 2 atom stereocenters. The maximum atomic E-state index is 13.0. The summed E-state index contributed by atoms with van der Waals surface area (Å²) in [7, 11) is 0. The number of likely N-dealkylation sites (tertiary alicyclic amines) is 2. The largest absolute Gasteiger partial charge is 0.493 e. The molecule has 2 amide bonds.